The van der Waals surface area contributed by atoms with Crippen LogP contribution in [0.1, 0.15) is 0 Å². The zero-order valence-corrected chi connectivity index (χ0v) is 9.01. The second-order valence-electron chi connectivity index (χ2n) is 3.49. The maximum Gasteiger partial charge on any atom is 0.203 e. The molecule has 4 heteroatoms. The van der Waals surface area contributed by atoms with E-state index in [2.05, 4.69) is 4.98 Å². The van der Waals surface area contributed by atoms with Gasteiger partial charge in [0, 0.05) is 0 Å². The van der Waals surface area contributed by atoms with Crippen molar-refractivity contribution >= 4 is 21.6 Å². The molecule has 2 aliphatic rings. The number of hydrogen-bond donors (Lipinski definition) is 1. The Hall–Kier alpha value is -1.94. The molecule has 1 aromatic rings. The van der Waals surface area contributed by atoms with Crippen molar-refractivity contribution in [3.8, 4) is 0 Å². The maximum absolute atomic E-state index is 11.6. The van der Waals surface area contributed by atoms with Crippen LogP contribution in [0.15, 0.2) is 46.0 Å². The molecule has 1 N–H and O–H groups in total. The second-order valence-corrected chi connectivity index (χ2v) is 4.54. The molecule has 0 atom stereocenters. The quantitative estimate of drug-likeness (QED) is 0.637. The fraction of sp³-hybridized carbons (Fsp3) is 0. The van der Waals surface area contributed by atoms with Gasteiger partial charge in [0.05, 0.1) is 10.2 Å². The van der Waals surface area contributed by atoms with E-state index >= 15 is 0 Å². The highest BCUT2D eigenvalue weighted by atomic mass is 32.1. The minimum Gasteiger partial charge on any atom is -0.350 e. The molecule has 16 heavy (non-hydrogen) atoms. The molecule has 0 bridgehead atoms. The average Bonchev–Trinajstić information content (AvgIpc) is 2.32. The van der Waals surface area contributed by atoms with Crippen molar-refractivity contribution < 1.29 is 0 Å². The zero-order chi connectivity index (χ0) is 11.1. The van der Waals surface area contributed by atoms with Crippen LogP contribution >= 0.6 is 11.3 Å². The fourth-order valence-electron chi connectivity index (χ4n) is 1.67. The maximum atomic E-state index is 11.6. The summed E-state index contributed by atoms with van der Waals surface area (Å²) in [5.41, 5.74) is 0.626. The second kappa shape index (κ2) is 3.28. The van der Waals surface area contributed by atoms with Gasteiger partial charge in [0.25, 0.3) is 0 Å². The molecule has 1 heterocycles. The molecule has 3 rings (SSSR count). The van der Waals surface area contributed by atoms with E-state index < -0.39 is 0 Å². The highest BCUT2D eigenvalue weighted by Crippen LogP contribution is 2.15. The van der Waals surface area contributed by atoms with Gasteiger partial charge in [-0.2, -0.15) is 0 Å². The molecular formula is C12H7NO2S. The lowest BCUT2D eigenvalue weighted by atomic mass is 10.3. The van der Waals surface area contributed by atoms with Crippen LogP contribution < -0.4 is 10.9 Å². The van der Waals surface area contributed by atoms with Gasteiger partial charge in [-0.25, -0.2) is 0 Å². The molecule has 1 aromatic carbocycles. The molecule has 78 valence electrons. The lowest BCUT2D eigenvalue weighted by molar-refractivity contribution is 1.25. The molecule has 3 nitrogen and oxygen atoms in total. The number of H-pyrrole nitrogens is 1. The van der Waals surface area contributed by atoms with E-state index in [1.807, 2.05) is 24.3 Å². The van der Waals surface area contributed by atoms with Crippen molar-refractivity contribution in [3.63, 3.8) is 0 Å². The molecule has 0 radical (unpaired) electrons. The van der Waals surface area contributed by atoms with E-state index in [4.69, 9.17) is 0 Å². The number of benzene rings is 1. The first-order valence-corrected chi connectivity index (χ1v) is 5.62. The first-order valence-electron chi connectivity index (χ1n) is 4.80. The first kappa shape index (κ1) is 9.30. The van der Waals surface area contributed by atoms with E-state index in [-0.39, 0.29) is 10.9 Å². The van der Waals surface area contributed by atoms with Gasteiger partial charge in [0.15, 0.2) is 5.43 Å². The molecule has 1 aliphatic heterocycles. The smallest absolute Gasteiger partial charge is 0.203 e. The van der Waals surface area contributed by atoms with Crippen LogP contribution in [0.25, 0.3) is 10.2 Å². The van der Waals surface area contributed by atoms with Crippen molar-refractivity contribution in [1.82, 2.24) is 4.98 Å². The number of aromatic amines is 1. The Labute approximate surface area is 93.7 Å². The summed E-state index contributed by atoms with van der Waals surface area (Å²) in [4.78, 5) is 26.3. The van der Waals surface area contributed by atoms with Gasteiger partial charge >= 0.3 is 0 Å². The Balaban J connectivity index is 2.75. The predicted molar refractivity (Wildman–Crippen MR) is 64.0 cm³/mol. The SMILES string of the molecule is O=c1ccc(=O)c2sc3ccccc3[nH]c1=2. The molecule has 0 saturated carbocycles. The van der Waals surface area contributed by atoms with Gasteiger partial charge in [-0.1, -0.05) is 12.1 Å². The van der Waals surface area contributed by atoms with E-state index in [1.54, 1.807) is 0 Å². The minimum atomic E-state index is -0.142. The average molecular weight is 229 g/mol. The van der Waals surface area contributed by atoms with Crippen LogP contribution in [0.5, 0.6) is 0 Å². The van der Waals surface area contributed by atoms with Gasteiger partial charge < -0.3 is 4.98 Å². The summed E-state index contributed by atoms with van der Waals surface area (Å²) in [6.45, 7) is 0. The van der Waals surface area contributed by atoms with Gasteiger partial charge in [0.1, 0.15) is 9.88 Å². The Morgan fingerprint density at radius 3 is 2.56 bits per heavy atom. The van der Waals surface area contributed by atoms with E-state index in [9.17, 15) is 9.59 Å². The van der Waals surface area contributed by atoms with Crippen molar-refractivity contribution in [1.29, 1.82) is 0 Å². The number of hydrogen-bond acceptors (Lipinski definition) is 3. The van der Waals surface area contributed by atoms with Crippen LogP contribution in [0.2, 0.25) is 0 Å². The Bertz CT molecular complexity index is 776. The number of para-hydroxylation sites is 1. The van der Waals surface area contributed by atoms with Crippen LogP contribution in [0.3, 0.4) is 0 Å². The van der Waals surface area contributed by atoms with Crippen molar-refractivity contribution in [2.24, 2.45) is 0 Å². The summed E-state index contributed by atoms with van der Waals surface area (Å²) in [7, 11) is 0. The molecule has 0 fully saturated rings. The highest BCUT2D eigenvalue weighted by Gasteiger charge is 2.01. The standard InChI is InChI=1S/C12H7NO2S/c14-8-5-6-9(15)12-11(8)13-7-3-1-2-4-10(7)16-12/h1-6,13H. The van der Waals surface area contributed by atoms with Gasteiger partial charge in [-0.15, -0.1) is 11.3 Å². The summed E-state index contributed by atoms with van der Waals surface area (Å²) < 4.78 is 1.46. The van der Waals surface area contributed by atoms with E-state index in [1.165, 1.54) is 23.5 Å². The third-order valence-corrected chi connectivity index (χ3v) is 3.63. The molecule has 1 aliphatic carbocycles. The minimum absolute atomic E-state index is 0.110. The third-order valence-electron chi connectivity index (χ3n) is 2.44. The van der Waals surface area contributed by atoms with Crippen LogP contribution in [0, 0.1) is 9.88 Å². The summed E-state index contributed by atoms with van der Waals surface area (Å²) in [5.74, 6) is 0. The predicted octanol–water partition coefficient (Wildman–Crippen LogP) is 1.67. The normalized spacial score (nSPS) is 11.0. The first-order chi connectivity index (χ1) is 7.75. The summed E-state index contributed by atoms with van der Waals surface area (Å²) in [6, 6.07) is 10.2. The molecule has 0 spiro atoms. The summed E-state index contributed by atoms with van der Waals surface area (Å²) in [5, 5.41) is 0.399. The van der Waals surface area contributed by atoms with Crippen molar-refractivity contribution in [2.75, 3.05) is 0 Å². The van der Waals surface area contributed by atoms with E-state index in [0.29, 0.717) is 9.88 Å². The van der Waals surface area contributed by atoms with Crippen LogP contribution in [-0.4, -0.2) is 4.98 Å². The van der Waals surface area contributed by atoms with Gasteiger partial charge in [0.2, 0.25) is 5.43 Å². The van der Waals surface area contributed by atoms with Crippen molar-refractivity contribution in [3.05, 3.63) is 66.7 Å². The topological polar surface area (TPSA) is 49.9 Å². The van der Waals surface area contributed by atoms with Gasteiger partial charge in [-0.05, 0) is 24.3 Å². The zero-order valence-electron chi connectivity index (χ0n) is 8.19. The number of nitrogens with one attached hydrogen (secondary N) is 1. The number of aromatic nitrogens is 1. The molecule has 0 aromatic heterocycles. The van der Waals surface area contributed by atoms with Crippen LogP contribution in [-0.2, 0) is 0 Å². The molecule has 0 saturated heterocycles. The molecule has 0 unspecified atom stereocenters. The number of rotatable bonds is 0. The molecule has 0 amide bonds. The number of fused-ring (bicyclic) bond motifs is 1. The Morgan fingerprint density at radius 1 is 0.938 bits per heavy atom. The van der Waals surface area contributed by atoms with Gasteiger partial charge in [-0.3, -0.25) is 9.59 Å². The van der Waals surface area contributed by atoms with Crippen molar-refractivity contribution in [2.45, 2.75) is 0 Å². The van der Waals surface area contributed by atoms with E-state index in [0.717, 1.165) is 10.2 Å². The summed E-state index contributed by atoms with van der Waals surface area (Å²) in [6.07, 6.45) is 0. The largest absolute Gasteiger partial charge is 0.350 e. The monoisotopic (exact) mass is 229 g/mol. The lowest BCUT2D eigenvalue weighted by Gasteiger charge is -1.97. The summed E-state index contributed by atoms with van der Waals surface area (Å²) >= 11 is 1.35. The van der Waals surface area contributed by atoms with Crippen LogP contribution in [0.4, 0.5) is 0 Å². The fourth-order valence-corrected chi connectivity index (χ4v) is 2.69. The Kier molecular flexibility index (Phi) is 1.91. The highest BCUT2D eigenvalue weighted by molar-refractivity contribution is 7.16. The lowest BCUT2D eigenvalue weighted by Crippen LogP contribution is -2.11. The Morgan fingerprint density at radius 2 is 1.69 bits per heavy atom. The molecular weight excluding hydrogens is 222 g/mol. The third kappa shape index (κ3) is 1.27.